The van der Waals surface area contributed by atoms with Crippen molar-refractivity contribution in [3.8, 4) is 6.07 Å². The molecule has 0 aliphatic heterocycles. The summed E-state index contributed by atoms with van der Waals surface area (Å²) in [5.74, 6) is 0. The van der Waals surface area contributed by atoms with Crippen LogP contribution in [0.3, 0.4) is 0 Å². The minimum atomic E-state index is -5.24. The number of hydrogen-bond acceptors (Lipinski definition) is 1. The van der Waals surface area contributed by atoms with Crippen molar-refractivity contribution < 1.29 is 22.0 Å². The van der Waals surface area contributed by atoms with Crippen LogP contribution in [-0.2, 0) is 0 Å². The molecular weight excluding hydrogens is 157 g/mol. The van der Waals surface area contributed by atoms with Gasteiger partial charge in [0.15, 0.2) is 5.57 Å². The van der Waals surface area contributed by atoms with Crippen LogP contribution in [0.25, 0.3) is 0 Å². The Balaban J connectivity index is 4.78. The van der Waals surface area contributed by atoms with Crippen LogP contribution < -0.4 is 0 Å². The Morgan fingerprint density at radius 2 is 1.60 bits per heavy atom. The van der Waals surface area contributed by atoms with E-state index in [9.17, 15) is 22.0 Å². The fourth-order valence-corrected chi connectivity index (χ4v) is 0.213. The van der Waals surface area contributed by atoms with E-state index in [-0.39, 0.29) is 0 Å². The number of nitrogens with zero attached hydrogens (tertiary/aromatic N) is 1. The molecule has 0 amide bonds. The van der Waals surface area contributed by atoms with Crippen molar-refractivity contribution in [2.75, 3.05) is 0 Å². The second-order valence-electron chi connectivity index (χ2n) is 1.24. The van der Waals surface area contributed by atoms with Gasteiger partial charge in [-0.3, -0.25) is 0 Å². The normalized spacial score (nSPS) is 10.4. The summed E-state index contributed by atoms with van der Waals surface area (Å²) in [6, 6.07) is 0.346. The van der Waals surface area contributed by atoms with E-state index in [4.69, 9.17) is 5.26 Å². The Morgan fingerprint density at radius 3 is 1.60 bits per heavy atom. The first-order valence-electron chi connectivity index (χ1n) is 1.92. The Bertz CT molecular complexity index is 191. The molecule has 0 radical (unpaired) electrons. The van der Waals surface area contributed by atoms with Crippen molar-refractivity contribution >= 4 is 0 Å². The van der Waals surface area contributed by atoms with Crippen LogP contribution in [0.1, 0.15) is 0 Å². The molecular formula is C4F5N. The molecule has 0 N–H and O–H groups in total. The van der Waals surface area contributed by atoms with Gasteiger partial charge >= 0.3 is 6.18 Å². The Morgan fingerprint density at radius 1 is 1.20 bits per heavy atom. The highest BCUT2D eigenvalue weighted by atomic mass is 19.4. The number of nitriles is 1. The summed E-state index contributed by atoms with van der Waals surface area (Å²) < 4.78 is 55.9. The SMILES string of the molecule is N#CC(=C(F)F)C(F)(F)F. The van der Waals surface area contributed by atoms with E-state index in [0.29, 0.717) is 6.07 Å². The van der Waals surface area contributed by atoms with Gasteiger partial charge in [0.05, 0.1) is 0 Å². The average molecular weight is 157 g/mol. The van der Waals surface area contributed by atoms with E-state index in [0.717, 1.165) is 0 Å². The van der Waals surface area contributed by atoms with Crippen molar-refractivity contribution in [3.63, 3.8) is 0 Å². The van der Waals surface area contributed by atoms with Gasteiger partial charge in [0.1, 0.15) is 6.07 Å². The second kappa shape index (κ2) is 2.64. The quantitative estimate of drug-likeness (QED) is 0.390. The van der Waals surface area contributed by atoms with Crippen LogP contribution in [0.2, 0.25) is 0 Å². The molecule has 0 rings (SSSR count). The molecule has 0 saturated heterocycles. The minimum absolute atomic E-state index is 0.346. The number of allylic oxidation sites excluding steroid dienone is 1. The third-order valence-corrected chi connectivity index (χ3v) is 0.584. The predicted octanol–water partition coefficient (Wildman–Crippen LogP) is 2.22. The van der Waals surface area contributed by atoms with E-state index in [2.05, 4.69) is 0 Å². The molecule has 1 nitrogen and oxygen atoms in total. The lowest BCUT2D eigenvalue weighted by Gasteiger charge is -2.00. The van der Waals surface area contributed by atoms with Crippen molar-refractivity contribution in [3.05, 3.63) is 11.7 Å². The van der Waals surface area contributed by atoms with E-state index >= 15 is 0 Å². The first-order valence-corrected chi connectivity index (χ1v) is 1.92. The monoisotopic (exact) mass is 157 g/mol. The van der Waals surface area contributed by atoms with Gasteiger partial charge < -0.3 is 0 Å². The third kappa shape index (κ3) is 2.01. The molecule has 0 fully saturated rings. The summed E-state index contributed by atoms with van der Waals surface area (Å²) in [4.78, 5) is 0. The average Bonchev–Trinajstić information content (AvgIpc) is 1.60. The molecule has 0 spiro atoms. The van der Waals surface area contributed by atoms with Crippen molar-refractivity contribution in [2.24, 2.45) is 0 Å². The van der Waals surface area contributed by atoms with Gasteiger partial charge in [-0.05, 0) is 0 Å². The highest BCUT2D eigenvalue weighted by Gasteiger charge is 2.38. The first-order chi connectivity index (χ1) is 4.39. The summed E-state index contributed by atoms with van der Waals surface area (Å²) in [6.07, 6.45) is -8.25. The predicted molar refractivity (Wildman–Crippen MR) is 20.9 cm³/mol. The number of hydrogen-bond donors (Lipinski definition) is 0. The van der Waals surface area contributed by atoms with Gasteiger partial charge in [0.25, 0.3) is 6.08 Å². The molecule has 6 heteroatoms. The van der Waals surface area contributed by atoms with Crippen LogP contribution in [0.5, 0.6) is 0 Å². The molecule has 56 valence electrons. The van der Waals surface area contributed by atoms with Gasteiger partial charge in [-0.15, -0.1) is 0 Å². The first kappa shape index (κ1) is 8.88. The summed E-state index contributed by atoms with van der Waals surface area (Å²) in [7, 11) is 0. The summed E-state index contributed by atoms with van der Waals surface area (Å²) in [5.41, 5.74) is -2.44. The van der Waals surface area contributed by atoms with Gasteiger partial charge in [-0.25, -0.2) is 0 Å². The molecule has 0 aliphatic carbocycles. The third-order valence-electron chi connectivity index (χ3n) is 0.584. The fraction of sp³-hybridized carbons (Fsp3) is 0.250. The second-order valence-corrected chi connectivity index (χ2v) is 1.24. The maximum atomic E-state index is 11.2. The van der Waals surface area contributed by atoms with Crippen LogP contribution in [0.15, 0.2) is 11.7 Å². The standard InChI is InChI=1S/C4F5N/c5-3(6)2(1-10)4(7,8)9. The molecule has 0 heterocycles. The lowest BCUT2D eigenvalue weighted by molar-refractivity contribution is -0.0905. The molecule has 0 aliphatic rings. The molecule has 0 aromatic heterocycles. The van der Waals surface area contributed by atoms with Gasteiger partial charge in [-0.1, -0.05) is 0 Å². The number of halogens is 5. The van der Waals surface area contributed by atoms with Crippen molar-refractivity contribution in [1.82, 2.24) is 0 Å². The summed E-state index contributed by atoms with van der Waals surface area (Å²) in [6.45, 7) is 0. The Hall–Kier alpha value is -1.12. The topological polar surface area (TPSA) is 23.8 Å². The van der Waals surface area contributed by atoms with E-state index < -0.39 is 17.8 Å². The molecule has 0 atom stereocenters. The molecule has 10 heavy (non-hydrogen) atoms. The highest BCUT2D eigenvalue weighted by molar-refractivity contribution is 5.26. The number of rotatable bonds is 0. The van der Waals surface area contributed by atoms with Gasteiger partial charge in [0.2, 0.25) is 0 Å². The van der Waals surface area contributed by atoms with E-state index in [1.165, 1.54) is 0 Å². The zero-order chi connectivity index (χ0) is 8.36. The molecule has 0 aromatic carbocycles. The molecule has 0 saturated carbocycles. The zero-order valence-electron chi connectivity index (χ0n) is 4.34. The van der Waals surface area contributed by atoms with Crippen LogP contribution in [-0.4, -0.2) is 6.18 Å². The maximum Gasteiger partial charge on any atom is 0.431 e. The van der Waals surface area contributed by atoms with E-state index in [1.807, 2.05) is 0 Å². The Kier molecular flexibility index (Phi) is 2.35. The lowest BCUT2D eigenvalue weighted by Crippen LogP contribution is -2.10. The molecule has 0 aromatic rings. The van der Waals surface area contributed by atoms with Gasteiger partial charge in [0, 0.05) is 0 Å². The summed E-state index contributed by atoms with van der Waals surface area (Å²) in [5, 5.41) is 7.52. The molecule has 0 unspecified atom stereocenters. The maximum absolute atomic E-state index is 11.2. The Labute approximate surface area is 52.4 Å². The smallest absolute Gasteiger partial charge is 0.192 e. The van der Waals surface area contributed by atoms with Gasteiger partial charge in [-0.2, -0.15) is 27.2 Å². The van der Waals surface area contributed by atoms with Crippen LogP contribution >= 0.6 is 0 Å². The number of alkyl halides is 3. The summed E-state index contributed by atoms with van der Waals surface area (Å²) >= 11 is 0. The molecule has 0 bridgehead atoms. The van der Waals surface area contributed by atoms with Crippen molar-refractivity contribution in [2.45, 2.75) is 6.18 Å². The van der Waals surface area contributed by atoms with E-state index in [1.54, 1.807) is 0 Å². The highest BCUT2D eigenvalue weighted by Crippen LogP contribution is 2.28. The largest absolute Gasteiger partial charge is 0.431 e. The fourth-order valence-electron chi connectivity index (χ4n) is 0.213. The zero-order valence-corrected chi connectivity index (χ0v) is 4.34. The minimum Gasteiger partial charge on any atom is -0.192 e. The van der Waals surface area contributed by atoms with Crippen LogP contribution in [0, 0.1) is 11.3 Å². The lowest BCUT2D eigenvalue weighted by atomic mass is 10.3. The van der Waals surface area contributed by atoms with Crippen LogP contribution in [0.4, 0.5) is 22.0 Å². The van der Waals surface area contributed by atoms with Crippen molar-refractivity contribution in [1.29, 1.82) is 5.26 Å².